The van der Waals surface area contributed by atoms with Gasteiger partial charge < -0.3 is 10.6 Å². The van der Waals surface area contributed by atoms with Gasteiger partial charge in [0.15, 0.2) is 0 Å². The van der Waals surface area contributed by atoms with Crippen LogP contribution in [0.15, 0.2) is 18.2 Å². The van der Waals surface area contributed by atoms with Gasteiger partial charge in [0.2, 0.25) is 0 Å². The molecule has 0 saturated heterocycles. The Balaban J connectivity index is 2.24. The summed E-state index contributed by atoms with van der Waals surface area (Å²) >= 11 is 6.10. The van der Waals surface area contributed by atoms with E-state index in [1.54, 1.807) is 0 Å². The van der Waals surface area contributed by atoms with Gasteiger partial charge in [-0.15, -0.1) is 0 Å². The maximum absolute atomic E-state index is 6.10. The molecule has 1 aliphatic carbocycles. The Hall–Kier alpha value is -0.730. The van der Waals surface area contributed by atoms with Crippen LogP contribution >= 0.6 is 11.6 Å². The van der Waals surface area contributed by atoms with Gasteiger partial charge in [0, 0.05) is 23.8 Å². The van der Waals surface area contributed by atoms with Crippen LogP contribution < -0.4 is 10.6 Å². The fourth-order valence-corrected chi connectivity index (χ4v) is 2.51. The van der Waals surface area contributed by atoms with Gasteiger partial charge >= 0.3 is 0 Å². The first-order valence-electron chi connectivity index (χ1n) is 6.35. The average Bonchev–Trinajstić information content (AvgIpc) is 3.14. The van der Waals surface area contributed by atoms with Crippen LogP contribution in [0.5, 0.6) is 0 Å². The molecular weight excluding hydrogens is 232 g/mol. The zero-order valence-electron chi connectivity index (χ0n) is 10.6. The van der Waals surface area contributed by atoms with Crippen LogP contribution in [-0.2, 0) is 6.42 Å². The molecule has 0 spiro atoms. The van der Waals surface area contributed by atoms with Crippen molar-refractivity contribution in [2.75, 3.05) is 18.5 Å². The lowest BCUT2D eigenvalue weighted by Gasteiger charge is -2.29. The molecule has 0 aliphatic heterocycles. The van der Waals surface area contributed by atoms with Gasteiger partial charge in [-0.25, -0.2) is 0 Å². The Morgan fingerprint density at radius 1 is 1.47 bits per heavy atom. The zero-order chi connectivity index (χ0) is 12.4. The number of anilines is 1. The van der Waals surface area contributed by atoms with Gasteiger partial charge in [0.05, 0.1) is 0 Å². The summed E-state index contributed by atoms with van der Waals surface area (Å²) < 4.78 is 0. The minimum Gasteiger partial charge on any atom is -0.371 e. The maximum Gasteiger partial charge on any atom is 0.0426 e. The summed E-state index contributed by atoms with van der Waals surface area (Å²) in [7, 11) is 2.16. The maximum atomic E-state index is 6.10. The molecule has 2 rings (SSSR count). The summed E-state index contributed by atoms with van der Waals surface area (Å²) in [6.45, 7) is 2.98. The molecule has 1 aliphatic rings. The highest BCUT2D eigenvalue weighted by Gasteiger charge is 2.31. The number of rotatable bonds is 5. The van der Waals surface area contributed by atoms with E-state index < -0.39 is 0 Å². The topological polar surface area (TPSA) is 29.3 Å². The molecule has 0 aromatic heterocycles. The average molecular weight is 253 g/mol. The molecule has 94 valence electrons. The number of halogens is 1. The normalized spacial score (nSPS) is 16.9. The van der Waals surface area contributed by atoms with Crippen molar-refractivity contribution >= 4 is 17.3 Å². The van der Waals surface area contributed by atoms with Crippen molar-refractivity contribution in [1.82, 2.24) is 0 Å². The number of benzene rings is 1. The van der Waals surface area contributed by atoms with E-state index in [1.807, 2.05) is 6.07 Å². The molecule has 1 unspecified atom stereocenters. The van der Waals surface area contributed by atoms with E-state index in [-0.39, 0.29) is 0 Å². The van der Waals surface area contributed by atoms with Crippen LogP contribution in [0, 0.1) is 5.92 Å². The van der Waals surface area contributed by atoms with E-state index in [2.05, 4.69) is 31.0 Å². The predicted molar refractivity (Wildman–Crippen MR) is 74.8 cm³/mol. The van der Waals surface area contributed by atoms with Crippen molar-refractivity contribution in [2.24, 2.45) is 11.7 Å². The summed E-state index contributed by atoms with van der Waals surface area (Å²) in [5, 5.41) is 0.801. The monoisotopic (exact) mass is 252 g/mol. The lowest BCUT2D eigenvalue weighted by Crippen LogP contribution is -2.31. The Bertz CT molecular complexity index is 388. The summed E-state index contributed by atoms with van der Waals surface area (Å²) in [5.74, 6) is 0.852. The number of hydrogen-bond donors (Lipinski definition) is 1. The molecule has 0 amide bonds. The SMILES string of the molecule is CC(C1CC1)N(C)c1cc(Cl)ccc1CCN. The Kier molecular flexibility index (Phi) is 3.95. The van der Waals surface area contributed by atoms with Gasteiger partial charge in [0.25, 0.3) is 0 Å². The van der Waals surface area contributed by atoms with E-state index in [0.29, 0.717) is 12.6 Å². The second-order valence-electron chi connectivity index (χ2n) is 5.00. The Labute approximate surface area is 109 Å². The highest BCUT2D eigenvalue weighted by atomic mass is 35.5. The summed E-state index contributed by atoms with van der Waals surface area (Å²) in [4.78, 5) is 2.36. The van der Waals surface area contributed by atoms with Gasteiger partial charge in [-0.2, -0.15) is 0 Å². The lowest BCUT2D eigenvalue weighted by atomic mass is 10.1. The molecule has 2 nitrogen and oxygen atoms in total. The van der Waals surface area contributed by atoms with Crippen molar-refractivity contribution in [2.45, 2.75) is 32.2 Å². The van der Waals surface area contributed by atoms with Crippen molar-refractivity contribution in [1.29, 1.82) is 0 Å². The fraction of sp³-hybridized carbons (Fsp3) is 0.571. The molecular formula is C14H21ClN2. The summed E-state index contributed by atoms with van der Waals surface area (Å²) in [6, 6.07) is 6.70. The minimum absolute atomic E-state index is 0.588. The van der Waals surface area contributed by atoms with Crippen LogP contribution in [0.3, 0.4) is 0 Å². The standard InChI is InChI=1S/C14H21ClN2/c1-10(11-3-4-11)17(2)14-9-13(15)6-5-12(14)7-8-16/h5-6,9-11H,3-4,7-8,16H2,1-2H3. The summed E-state index contributed by atoms with van der Waals surface area (Å²) in [5.41, 5.74) is 8.20. The van der Waals surface area contributed by atoms with Crippen molar-refractivity contribution in [3.8, 4) is 0 Å². The van der Waals surface area contributed by atoms with E-state index in [1.165, 1.54) is 24.1 Å². The van der Waals surface area contributed by atoms with Crippen LogP contribution in [0.1, 0.15) is 25.3 Å². The quantitative estimate of drug-likeness (QED) is 0.873. The molecule has 0 heterocycles. The molecule has 3 heteroatoms. The largest absolute Gasteiger partial charge is 0.371 e. The molecule has 1 aromatic rings. The van der Waals surface area contributed by atoms with E-state index >= 15 is 0 Å². The van der Waals surface area contributed by atoms with Crippen LogP contribution in [0.2, 0.25) is 5.02 Å². The molecule has 1 saturated carbocycles. The molecule has 17 heavy (non-hydrogen) atoms. The fourth-order valence-electron chi connectivity index (χ4n) is 2.35. The Morgan fingerprint density at radius 3 is 2.76 bits per heavy atom. The zero-order valence-corrected chi connectivity index (χ0v) is 11.4. The summed E-state index contributed by atoms with van der Waals surface area (Å²) in [6.07, 6.45) is 3.63. The van der Waals surface area contributed by atoms with Crippen LogP contribution in [0.25, 0.3) is 0 Å². The second kappa shape index (κ2) is 5.28. The lowest BCUT2D eigenvalue weighted by molar-refractivity contribution is 0.607. The van der Waals surface area contributed by atoms with Gasteiger partial charge in [0.1, 0.15) is 0 Å². The molecule has 2 N–H and O–H groups in total. The predicted octanol–water partition coefficient (Wildman–Crippen LogP) is 3.08. The molecule has 1 atom stereocenters. The van der Waals surface area contributed by atoms with Crippen molar-refractivity contribution in [3.05, 3.63) is 28.8 Å². The van der Waals surface area contributed by atoms with Crippen molar-refractivity contribution in [3.63, 3.8) is 0 Å². The number of hydrogen-bond acceptors (Lipinski definition) is 2. The molecule has 1 aromatic carbocycles. The smallest absolute Gasteiger partial charge is 0.0426 e. The van der Waals surface area contributed by atoms with Crippen LogP contribution in [0.4, 0.5) is 5.69 Å². The third-order valence-electron chi connectivity index (χ3n) is 3.76. The van der Waals surface area contributed by atoms with E-state index in [9.17, 15) is 0 Å². The molecule has 1 fully saturated rings. The first kappa shape index (κ1) is 12.7. The number of nitrogens with zero attached hydrogens (tertiary/aromatic N) is 1. The molecule has 0 bridgehead atoms. The first-order chi connectivity index (χ1) is 8.13. The Morgan fingerprint density at radius 2 is 2.18 bits per heavy atom. The highest BCUT2D eigenvalue weighted by molar-refractivity contribution is 6.30. The third kappa shape index (κ3) is 2.93. The minimum atomic E-state index is 0.588. The van der Waals surface area contributed by atoms with E-state index in [0.717, 1.165) is 17.4 Å². The number of nitrogens with two attached hydrogens (primary N) is 1. The van der Waals surface area contributed by atoms with Crippen LogP contribution in [-0.4, -0.2) is 19.6 Å². The third-order valence-corrected chi connectivity index (χ3v) is 3.99. The highest BCUT2D eigenvalue weighted by Crippen LogP contribution is 2.37. The molecule has 0 radical (unpaired) electrons. The van der Waals surface area contributed by atoms with Crippen molar-refractivity contribution < 1.29 is 0 Å². The van der Waals surface area contributed by atoms with E-state index in [4.69, 9.17) is 17.3 Å². The van der Waals surface area contributed by atoms with Gasteiger partial charge in [-0.1, -0.05) is 17.7 Å². The second-order valence-corrected chi connectivity index (χ2v) is 5.44. The van der Waals surface area contributed by atoms with Gasteiger partial charge in [-0.3, -0.25) is 0 Å². The van der Waals surface area contributed by atoms with Gasteiger partial charge in [-0.05, 0) is 56.3 Å². The first-order valence-corrected chi connectivity index (χ1v) is 6.72.